The first-order valence-corrected chi connectivity index (χ1v) is 5.46. The highest BCUT2D eigenvalue weighted by Gasteiger charge is 2.29. The molecule has 1 aliphatic rings. The third-order valence-electron chi connectivity index (χ3n) is 2.77. The Morgan fingerprint density at radius 2 is 1.94 bits per heavy atom. The number of carbonyl (C=O) groups excluding carboxylic acids is 2. The number of rotatable bonds is 5. The third-order valence-corrected chi connectivity index (χ3v) is 2.77. The van der Waals surface area contributed by atoms with Gasteiger partial charge in [0.15, 0.2) is 5.92 Å². The van der Waals surface area contributed by atoms with Crippen LogP contribution in [-0.4, -0.2) is 38.9 Å². The average molecular weight is 230 g/mol. The minimum Gasteiger partial charge on any atom is -0.468 e. The molecule has 0 bridgehead atoms. The molecule has 1 rings (SSSR count). The second-order valence-corrected chi connectivity index (χ2v) is 3.81. The van der Waals surface area contributed by atoms with Crippen molar-refractivity contribution in [3.63, 3.8) is 0 Å². The first kappa shape index (κ1) is 13.0. The maximum Gasteiger partial charge on any atom is 0.320 e. The van der Waals surface area contributed by atoms with E-state index in [-0.39, 0.29) is 6.10 Å². The van der Waals surface area contributed by atoms with Gasteiger partial charge in [0.25, 0.3) is 0 Å². The van der Waals surface area contributed by atoms with Gasteiger partial charge in [0.05, 0.1) is 20.3 Å². The van der Waals surface area contributed by atoms with Crippen molar-refractivity contribution in [3.8, 4) is 0 Å². The third kappa shape index (κ3) is 3.48. The molecule has 0 saturated carbocycles. The fourth-order valence-electron chi connectivity index (χ4n) is 1.84. The number of carbonyl (C=O) groups is 2. The standard InChI is InChI=1S/C11H18O5/c1-14-10(12)9(11(13)15-2)6-5-8-4-3-7-16-8/h8-9H,3-7H2,1-2H3. The fraction of sp³-hybridized carbons (Fsp3) is 0.818. The zero-order chi connectivity index (χ0) is 12.0. The molecule has 0 aromatic carbocycles. The van der Waals surface area contributed by atoms with Gasteiger partial charge in [-0.25, -0.2) is 0 Å². The number of hydrogen-bond donors (Lipinski definition) is 0. The van der Waals surface area contributed by atoms with Gasteiger partial charge in [-0.15, -0.1) is 0 Å². The van der Waals surface area contributed by atoms with Gasteiger partial charge in [0.2, 0.25) is 0 Å². The molecular weight excluding hydrogens is 212 g/mol. The first-order chi connectivity index (χ1) is 7.69. The fourth-order valence-corrected chi connectivity index (χ4v) is 1.84. The van der Waals surface area contributed by atoms with Gasteiger partial charge in [-0.1, -0.05) is 0 Å². The minimum atomic E-state index is -0.820. The number of ether oxygens (including phenoxy) is 3. The molecule has 1 unspecified atom stereocenters. The maximum absolute atomic E-state index is 11.4. The van der Waals surface area contributed by atoms with Gasteiger partial charge < -0.3 is 14.2 Å². The van der Waals surface area contributed by atoms with E-state index in [1.165, 1.54) is 14.2 Å². The Morgan fingerprint density at radius 1 is 1.31 bits per heavy atom. The topological polar surface area (TPSA) is 61.8 Å². The second-order valence-electron chi connectivity index (χ2n) is 3.81. The van der Waals surface area contributed by atoms with Crippen LogP contribution in [-0.2, 0) is 23.8 Å². The van der Waals surface area contributed by atoms with Crippen molar-refractivity contribution >= 4 is 11.9 Å². The largest absolute Gasteiger partial charge is 0.468 e. The summed E-state index contributed by atoms with van der Waals surface area (Å²) in [5.74, 6) is -1.89. The smallest absolute Gasteiger partial charge is 0.320 e. The Kier molecular flexibility index (Phi) is 5.25. The summed E-state index contributed by atoms with van der Waals surface area (Å²) >= 11 is 0. The molecule has 5 nitrogen and oxygen atoms in total. The van der Waals surface area contributed by atoms with Crippen LogP contribution in [0.4, 0.5) is 0 Å². The molecule has 1 aliphatic heterocycles. The molecule has 0 aromatic heterocycles. The maximum atomic E-state index is 11.4. The summed E-state index contributed by atoms with van der Waals surface area (Å²) in [6.45, 7) is 0.770. The lowest BCUT2D eigenvalue weighted by atomic mass is 10.00. The van der Waals surface area contributed by atoms with Crippen LogP contribution in [0.25, 0.3) is 0 Å². The molecule has 1 atom stereocenters. The minimum absolute atomic E-state index is 0.164. The Morgan fingerprint density at radius 3 is 2.38 bits per heavy atom. The van der Waals surface area contributed by atoms with E-state index in [1.807, 2.05) is 0 Å². The molecule has 0 N–H and O–H groups in total. The second kappa shape index (κ2) is 6.48. The SMILES string of the molecule is COC(=O)C(CCC1CCCO1)C(=O)OC. The average Bonchev–Trinajstić information content (AvgIpc) is 2.81. The molecule has 5 heteroatoms. The lowest BCUT2D eigenvalue weighted by Gasteiger charge is -2.14. The van der Waals surface area contributed by atoms with Crippen molar-refractivity contribution in [2.45, 2.75) is 31.8 Å². The van der Waals surface area contributed by atoms with E-state index in [0.717, 1.165) is 19.4 Å². The summed E-state index contributed by atoms with van der Waals surface area (Å²) in [7, 11) is 2.54. The van der Waals surface area contributed by atoms with Crippen LogP contribution in [0.1, 0.15) is 25.7 Å². The lowest BCUT2D eigenvalue weighted by Crippen LogP contribution is -2.27. The first-order valence-electron chi connectivity index (χ1n) is 5.46. The van der Waals surface area contributed by atoms with Crippen LogP contribution in [0.5, 0.6) is 0 Å². The van der Waals surface area contributed by atoms with Gasteiger partial charge >= 0.3 is 11.9 Å². The molecule has 16 heavy (non-hydrogen) atoms. The summed E-state index contributed by atoms with van der Waals surface area (Å²) in [5.41, 5.74) is 0. The van der Waals surface area contributed by atoms with Crippen LogP contribution in [0, 0.1) is 5.92 Å². The van der Waals surface area contributed by atoms with Crippen molar-refractivity contribution < 1.29 is 23.8 Å². The highest BCUT2D eigenvalue weighted by molar-refractivity contribution is 5.94. The Hall–Kier alpha value is -1.10. The lowest BCUT2D eigenvalue weighted by molar-refractivity contribution is -0.159. The van der Waals surface area contributed by atoms with Crippen LogP contribution < -0.4 is 0 Å². The zero-order valence-corrected chi connectivity index (χ0v) is 9.73. The van der Waals surface area contributed by atoms with E-state index in [4.69, 9.17) is 4.74 Å². The van der Waals surface area contributed by atoms with E-state index in [9.17, 15) is 9.59 Å². The molecule has 1 heterocycles. The van der Waals surface area contributed by atoms with Crippen molar-refractivity contribution in [2.75, 3.05) is 20.8 Å². The van der Waals surface area contributed by atoms with E-state index in [0.29, 0.717) is 12.8 Å². The van der Waals surface area contributed by atoms with Gasteiger partial charge in [0, 0.05) is 6.61 Å². The molecule has 0 radical (unpaired) electrons. The van der Waals surface area contributed by atoms with Crippen LogP contribution in [0.2, 0.25) is 0 Å². The number of hydrogen-bond acceptors (Lipinski definition) is 5. The van der Waals surface area contributed by atoms with Crippen LogP contribution >= 0.6 is 0 Å². The predicted octanol–water partition coefficient (Wildman–Crippen LogP) is 0.908. The van der Waals surface area contributed by atoms with Gasteiger partial charge in [0.1, 0.15) is 0 Å². The highest BCUT2D eigenvalue weighted by atomic mass is 16.5. The predicted molar refractivity (Wildman–Crippen MR) is 55.7 cm³/mol. The molecule has 1 saturated heterocycles. The van der Waals surface area contributed by atoms with Crippen LogP contribution in [0.3, 0.4) is 0 Å². The quantitative estimate of drug-likeness (QED) is 0.519. The summed E-state index contributed by atoms with van der Waals surface area (Å²) in [5, 5.41) is 0. The van der Waals surface area contributed by atoms with Crippen molar-refractivity contribution in [1.82, 2.24) is 0 Å². The monoisotopic (exact) mass is 230 g/mol. The number of esters is 2. The Balaban J connectivity index is 2.42. The normalized spacial score (nSPS) is 19.8. The summed E-state index contributed by atoms with van der Waals surface area (Å²) in [4.78, 5) is 22.7. The van der Waals surface area contributed by atoms with E-state index >= 15 is 0 Å². The molecule has 92 valence electrons. The molecule has 0 aliphatic carbocycles. The molecular formula is C11H18O5. The van der Waals surface area contributed by atoms with Crippen molar-refractivity contribution in [3.05, 3.63) is 0 Å². The highest BCUT2D eigenvalue weighted by Crippen LogP contribution is 2.20. The Bertz CT molecular complexity index is 229. The van der Waals surface area contributed by atoms with Gasteiger partial charge in [-0.2, -0.15) is 0 Å². The summed E-state index contributed by atoms with van der Waals surface area (Å²) in [6, 6.07) is 0. The van der Waals surface area contributed by atoms with E-state index in [1.54, 1.807) is 0 Å². The summed E-state index contributed by atoms with van der Waals surface area (Å²) < 4.78 is 14.6. The van der Waals surface area contributed by atoms with Crippen molar-refractivity contribution in [1.29, 1.82) is 0 Å². The van der Waals surface area contributed by atoms with Gasteiger partial charge in [-0.3, -0.25) is 9.59 Å². The molecule has 0 aromatic rings. The summed E-state index contributed by atoms with van der Waals surface area (Å²) in [6.07, 6.45) is 3.32. The van der Waals surface area contributed by atoms with Gasteiger partial charge in [-0.05, 0) is 25.7 Å². The zero-order valence-electron chi connectivity index (χ0n) is 9.73. The van der Waals surface area contributed by atoms with E-state index in [2.05, 4.69) is 9.47 Å². The van der Waals surface area contributed by atoms with Crippen LogP contribution in [0.15, 0.2) is 0 Å². The molecule has 0 amide bonds. The molecule has 0 spiro atoms. The van der Waals surface area contributed by atoms with Crippen molar-refractivity contribution in [2.24, 2.45) is 5.92 Å². The Labute approximate surface area is 95.0 Å². The molecule has 1 fully saturated rings. The van der Waals surface area contributed by atoms with E-state index < -0.39 is 17.9 Å². The number of methoxy groups -OCH3 is 2.